The van der Waals surface area contributed by atoms with Gasteiger partial charge in [0.1, 0.15) is 5.82 Å². The lowest BCUT2D eigenvalue weighted by Crippen LogP contribution is -2.29. The van der Waals surface area contributed by atoms with Gasteiger partial charge < -0.3 is 0 Å². The van der Waals surface area contributed by atoms with Gasteiger partial charge in [0.05, 0.1) is 11.1 Å². The Bertz CT molecular complexity index is 619. The van der Waals surface area contributed by atoms with Gasteiger partial charge in [0, 0.05) is 4.47 Å². The van der Waals surface area contributed by atoms with E-state index in [1.807, 2.05) is 25.1 Å². The van der Waals surface area contributed by atoms with Gasteiger partial charge in [0.25, 0.3) is 0 Å². The van der Waals surface area contributed by atoms with Crippen molar-refractivity contribution in [2.75, 3.05) is 0 Å². The zero-order valence-electron chi connectivity index (χ0n) is 11.0. The molecule has 0 aliphatic rings. The number of nitrogens with one attached hydrogen (secondary N) is 1. The number of nitrogens with two attached hydrogens (primary N) is 1. The van der Waals surface area contributed by atoms with E-state index in [4.69, 9.17) is 17.4 Å². The van der Waals surface area contributed by atoms with E-state index in [1.165, 1.54) is 12.1 Å². The van der Waals surface area contributed by atoms with Crippen molar-refractivity contribution in [1.29, 1.82) is 0 Å². The van der Waals surface area contributed by atoms with Crippen LogP contribution in [0.25, 0.3) is 0 Å². The highest BCUT2D eigenvalue weighted by Gasteiger charge is 2.13. The van der Waals surface area contributed by atoms with E-state index in [1.54, 1.807) is 6.07 Å². The molecule has 0 aliphatic carbocycles. The monoisotopic (exact) mass is 356 g/mol. The van der Waals surface area contributed by atoms with Crippen LogP contribution in [0.2, 0.25) is 5.02 Å². The molecule has 0 bridgehead atoms. The molecular weight excluding hydrogens is 343 g/mol. The normalized spacial score (nSPS) is 12.4. The highest BCUT2D eigenvalue weighted by Crippen LogP contribution is 2.28. The first kappa shape index (κ1) is 15.4. The zero-order valence-corrected chi connectivity index (χ0v) is 13.3. The standard InChI is InChI=1S/C15H15BrClFN2/c1-9-6-12(18)4-2-10(9)8-15(20-19)11-3-5-13(16)14(17)7-11/h2-7,15,20H,8,19H2,1H3. The second-order valence-electron chi connectivity index (χ2n) is 4.67. The van der Waals surface area contributed by atoms with Gasteiger partial charge in [-0.1, -0.05) is 23.7 Å². The summed E-state index contributed by atoms with van der Waals surface area (Å²) >= 11 is 9.47. The minimum atomic E-state index is -0.227. The van der Waals surface area contributed by atoms with E-state index >= 15 is 0 Å². The summed E-state index contributed by atoms with van der Waals surface area (Å²) in [5.74, 6) is 5.42. The lowest BCUT2D eigenvalue weighted by molar-refractivity contribution is 0.549. The van der Waals surface area contributed by atoms with Crippen molar-refractivity contribution >= 4 is 27.5 Å². The third-order valence-corrected chi connectivity index (χ3v) is 4.51. The fraction of sp³-hybridized carbons (Fsp3) is 0.200. The number of aryl methyl sites for hydroxylation is 1. The molecule has 1 atom stereocenters. The van der Waals surface area contributed by atoms with Crippen molar-refractivity contribution in [3.8, 4) is 0 Å². The molecule has 0 aliphatic heterocycles. The summed E-state index contributed by atoms with van der Waals surface area (Å²) in [4.78, 5) is 0. The predicted octanol–water partition coefficient (Wildman–Crippen LogP) is 4.30. The van der Waals surface area contributed by atoms with Gasteiger partial charge in [0.15, 0.2) is 0 Å². The van der Waals surface area contributed by atoms with Gasteiger partial charge in [-0.25, -0.2) is 4.39 Å². The number of hydrogen-bond acceptors (Lipinski definition) is 2. The van der Waals surface area contributed by atoms with E-state index in [9.17, 15) is 4.39 Å². The molecule has 20 heavy (non-hydrogen) atoms. The van der Waals surface area contributed by atoms with Crippen LogP contribution >= 0.6 is 27.5 Å². The fourth-order valence-electron chi connectivity index (χ4n) is 2.11. The summed E-state index contributed by atoms with van der Waals surface area (Å²) in [7, 11) is 0. The molecule has 3 N–H and O–H groups in total. The Morgan fingerprint density at radius 3 is 2.65 bits per heavy atom. The third kappa shape index (κ3) is 3.58. The minimum Gasteiger partial charge on any atom is -0.271 e. The third-order valence-electron chi connectivity index (χ3n) is 3.28. The lowest BCUT2D eigenvalue weighted by Gasteiger charge is -2.18. The second kappa shape index (κ2) is 6.68. The van der Waals surface area contributed by atoms with Gasteiger partial charge in [-0.15, -0.1) is 0 Å². The molecule has 0 aromatic heterocycles. The SMILES string of the molecule is Cc1cc(F)ccc1CC(NN)c1ccc(Br)c(Cl)c1. The Morgan fingerprint density at radius 2 is 2.05 bits per heavy atom. The molecule has 0 spiro atoms. The van der Waals surface area contributed by atoms with Crippen molar-refractivity contribution < 1.29 is 4.39 Å². The van der Waals surface area contributed by atoms with Crippen LogP contribution < -0.4 is 11.3 Å². The number of hydrogen-bond donors (Lipinski definition) is 2. The van der Waals surface area contributed by atoms with E-state index in [-0.39, 0.29) is 11.9 Å². The first-order valence-corrected chi connectivity index (χ1v) is 7.34. The van der Waals surface area contributed by atoms with Gasteiger partial charge in [0.2, 0.25) is 0 Å². The smallest absolute Gasteiger partial charge is 0.123 e. The molecule has 0 fully saturated rings. The van der Waals surface area contributed by atoms with E-state index in [2.05, 4.69) is 21.4 Å². The van der Waals surface area contributed by atoms with Crippen LogP contribution in [0.5, 0.6) is 0 Å². The molecule has 0 amide bonds. The van der Waals surface area contributed by atoms with Crippen LogP contribution in [-0.4, -0.2) is 0 Å². The first-order valence-electron chi connectivity index (χ1n) is 6.17. The molecule has 5 heteroatoms. The van der Waals surface area contributed by atoms with Gasteiger partial charge >= 0.3 is 0 Å². The van der Waals surface area contributed by atoms with Crippen molar-refractivity contribution in [2.45, 2.75) is 19.4 Å². The van der Waals surface area contributed by atoms with Crippen molar-refractivity contribution in [3.05, 3.63) is 68.4 Å². The predicted molar refractivity (Wildman–Crippen MR) is 84.1 cm³/mol. The van der Waals surface area contributed by atoms with Crippen LogP contribution in [-0.2, 0) is 6.42 Å². The molecule has 2 aromatic rings. The molecule has 0 saturated carbocycles. The molecule has 1 unspecified atom stereocenters. The zero-order chi connectivity index (χ0) is 14.7. The van der Waals surface area contributed by atoms with Crippen LogP contribution in [0, 0.1) is 12.7 Å². The highest BCUT2D eigenvalue weighted by molar-refractivity contribution is 9.10. The van der Waals surface area contributed by atoms with Gasteiger partial charge in [-0.05, 0) is 70.2 Å². The molecule has 0 heterocycles. The first-order chi connectivity index (χ1) is 9.51. The van der Waals surface area contributed by atoms with Gasteiger partial charge in [-0.3, -0.25) is 11.3 Å². The summed E-state index contributed by atoms with van der Waals surface area (Å²) in [5.41, 5.74) is 5.74. The summed E-state index contributed by atoms with van der Waals surface area (Å²) in [6, 6.07) is 10.4. The Morgan fingerprint density at radius 1 is 1.30 bits per heavy atom. The van der Waals surface area contributed by atoms with E-state index in [0.717, 1.165) is 21.2 Å². The van der Waals surface area contributed by atoms with Crippen LogP contribution in [0.1, 0.15) is 22.7 Å². The van der Waals surface area contributed by atoms with Gasteiger partial charge in [-0.2, -0.15) is 0 Å². The topological polar surface area (TPSA) is 38.0 Å². The maximum Gasteiger partial charge on any atom is 0.123 e. The Balaban J connectivity index is 2.26. The highest BCUT2D eigenvalue weighted by atomic mass is 79.9. The van der Waals surface area contributed by atoms with E-state index < -0.39 is 0 Å². The molecule has 0 radical (unpaired) electrons. The Kier molecular flexibility index (Phi) is 5.16. The second-order valence-corrected chi connectivity index (χ2v) is 5.93. The maximum atomic E-state index is 13.1. The Hall–Kier alpha value is -0.940. The molecule has 2 nitrogen and oxygen atoms in total. The van der Waals surface area contributed by atoms with Crippen LogP contribution in [0.4, 0.5) is 4.39 Å². The maximum absolute atomic E-state index is 13.1. The summed E-state index contributed by atoms with van der Waals surface area (Å²) in [6.45, 7) is 1.89. The molecule has 106 valence electrons. The van der Waals surface area contributed by atoms with Crippen molar-refractivity contribution in [2.24, 2.45) is 5.84 Å². The molecule has 0 saturated heterocycles. The largest absolute Gasteiger partial charge is 0.271 e. The van der Waals surface area contributed by atoms with Crippen molar-refractivity contribution in [1.82, 2.24) is 5.43 Å². The average molecular weight is 358 g/mol. The molecule has 2 aromatic carbocycles. The van der Waals surface area contributed by atoms with Crippen molar-refractivity contribution in [3.63, 3.8) is 0 Å². The summed E-state index contributed by atoms with van der Waals surface area (Å²) in [6.07, 6.45) is 0.667. The summed E-state index contributed by atoms with van der Waals surface area (Å²) in [5, 5.41) is 0.638. The Labute approximate surface area is 131 Å². The number of halogens is 3. The summed E-state index contributed by atoms with van der Waals surface area (Å²) < 4.78 is 14.0. The minimum absolute atomic E-state index is 0.0789. The average Bonchev–Trinajstić information content (AvgIpc) is 2.41. The lowest BCUT2D eigenvalue weighted by atomic mass is 9.96. The molecular formula is C15H15BrClFN2. The number of hydrazine groups is 1. The van der Waals surface area contributed by atoms with E-state index in [0.29, 0.717) is 11.4 Å². The quantitative estimate of drug-likeness (QED) is 0.632. The number of benzene rings is 2. The van der Waals surface area contributed by atoms with Crippen LogP contribution in [0.3, 0.4) is 0 Å². The van der Waals surface area contributed by atoms with Crippen LogP contribution in [0.15, 0.2) is 40.9 Å². The fourth-order valence-corrected chi connectivity index (χ4v) is 2.55. The number of rotatable bonds is 4. The molecule has 2 rings (SSSR count).